The fourth-order valence-electron chi connectivity index (χ4n) is 2.39. The van der Waals surface area contributed by atoms with E-state index in [1.807, 2.05) is 60.8 Å². The van der Waals surface area contributed by atoms with Crippen LogP contribution in [0, 0.1) is 0 Å². The second kappa shape index (κ2) is 6.35. The molecule has 0 bridgehead atoms. The maximum Gasteiger partial charge on any atom is 0.258 e. The fraction of sp³-hybridized carbons (Fsp3) is 0.167. The highest BCUT2D eigenvalue weighted by Gasteiger charge is 2.02. The molecule has 2 aromatic carbocycles. The van der Waals surface area contributed by atoms with Gasteiger partial charge in [0.05, 0.1) is 6.61 Å². The minimum Gasteiger partial charge on any atom is -0.494 e. The van der Waals surface area contributed by atoms with Gasteiger partial charge in [-0.15, -0.1) is 0 Å². The summed E-state index contributed by atoms with van der Waals surface area (Å²) in [7, 11) is 0. The van der Waals surface area contributed by atoms with E-state index >= 15 is 0 Å². The number of hydrogen-bond donors (Lipinski definition) is 1. The van der Waals surface area contributed by atoms with Crippen LogP contribution in [0.3, 0.4) is 0 Å². The molecular weight excluding hydrogens is 276 g/mol. The molecule has 0 fully saturated rings. The molecule has 4 heteroatoms. The van der Waals surface area contributed by atoms with E-state index in [9.17, 15) is 4.79 Å². The molecule has 0 aliphatic carbocycles. The van der Waals surface area contributed by atoms with Crippen molar-refractivity contribution in [2.24, 2.45) is 0 Å². The van der Waals surface area contributed by atoms with Crippen LogP contribution in [0.25, 0.3) is 10.8 Å². The summed E-state index contributed by atoms with van der Waals surface area (Å²) in [5.41, 5.74) is 6.39. The Hall–Kier alpha value is -2.75. The van der Waals surface area contributed by atoms with E-state index < -0.39 is 0 Å². The monoisotopic (exact) mass is 294 g/mol. The summed E-state index contributed by atoms with van der Waals surface area (Å²) in [4.78, 5) is 12.3. The van der Waals surface area contributed by atoms with Crippen LogP contribution in [0.15, 0.2) is 65.6 Å². The molecule has 0 atom stereocenters. The van der Waals surface area contributed by atoms with Crippen LogP contribution < -0.4 is 16.0 Å². The molecule has 4 nitrogen and oxygen atoms in total. The van der Waals surface area contributed by atoms with Crippen LogP contribution in [0.5, 0.6) is 5.75 Å². The number of pyridine rings is 1. The van der Waals surface area contributed by atoms with E-state index in [2.05, 4.69) is 0 Å². The number of fused-ring (bicyclic) bond motifs is 1. The van der Waals surface area contributed by atoms with Gasteiger partial charge >= 0.3 is 0 Å². The van der Waals surface area contributed by atoms with Gasteiger partial charge in [0.2, 0.25) is 0 Å². The van der Waals surface area contributed by atoms with E-state index in [1.165, 1.54) is 0 Å². The number of nitrogens with two attached hydrogens (primary N) is 1. The Balaban J connectivity index is 1.61. The number of nitrogen functional groups attached to an aromatic ring is 1. The summed E-state index contributed by atoms with van der Waals surface area (Å²) in [5, 5.41) is 1.73. The molecular formula is C18H18N2O2. The summed E-state index contributed by atoms with van der Waals surface area (Å²) in [6.45, 7) is 1.20. The van der Waals surface area contributed by atoms with Gasteiger partial charge < -0.3 is 15.0 Å². The van der Waals surface area contributed by atoms with Crippen molar-refractivity contribution in [2.45, 2.75) is 13.0 Å². The van der Waals surface area contributed by atoms with E-state index in [0.717, 1.165) is 28.6 Å². The first-order chi connectivity index (χ1) is 10.7. The van der Waals surface area contributed by atoms with E-state index in [4.69, 9.17) is 10.5 Å². The Labute approximate surface area is 128 Å². The molecule has 3 rings (SSSR count). The third-order valence-corrected chi connectivity index (χ3v) is 3.58. The van der Waals surface area contributed by atoms with E-state index in [1.54, 1.807) is 4.57 Å². The molecule has 0 spiro atoms. The van der Waals surface area contributed by atoms with Gasteiger partial charge in [-0.1, -0.05) is 18.2 Å². The summed E-state index contributed by atoms with van der Waals surface area (Å²) >= 11 is 0. The predicted molar refractivity (Wildman–Crippen MR) is 89.2 cm³/mol. The SMILES string of the molecule is Nc1ccc(OCCCn2ccc3ccccc3c2=O)cc1. The average Bonchev–Trinajstić information content (AvgIpc) is 2.55. The minimum absolute atomic E-state index is 0.0468. The predicted octanol–water partition coefficient (Wildman–Crippen LogP) is 3.05. The van der Waals surface area contributed by atoms with E-state index in [0.29, 0.717) is 13.2 Å². The smallest absolute Gasteiger partial charge is 0.258 e. The molecule has 0 amide bonds. The number of ether oxygens (including phenoxy) is 1. The molecule has 0 unspecified atom stereocenters. The van der Waals surface area contributed by atoms with Gasteiger partial charge in [-0.2, -0.15) is 0 Å². The molecule has 3 aromatic rings. The zero-order valence-corrected chi connectivity index (χ0v) is 12.2. The zero-order valence-electron chi connectivity index (χ0n) is 12.2. The van der Waals surface area contributed by atoms with Crippen LogP contribution in [0.1, 0.15) is 6.42 Å². The van der Waals surface area contributed by atoms with Crippen LogP contribution in [0.4, 0.5) is 5.69 Å². The molecule has 0 aliphatic rings. The molecule has 0 saturated carbocycles. The second-order valence-corrected chi connectivity index (χ2v) is 5.17. The summed E-state index contributed by atoms with van der Waals surface area (Å²) < 4.78 is 7.37. The Morgan fingerprint density at radius 2 is 1.77 bits per heavy atom. The van der Waals surface area contributed by atoms with Crippen molar-refractivity contribution in [3.63, 3.8) is 0 Å². The molecule has 0 saturated heterocycles. The third-order valence-electron chi connectivity index (χ3n) is 3.58. The first-order valence-corrected chi connectivity index (χ1v) is 7.30. The lowest BCUT2D eigenvalue weighted by Crippen LogP contribution is -2.20. The number of benzene rings is 2. The lowest BCUT2D eigenvalue weighted by Gasteiger charge is -2.09. The Morgan fingerprint density at radius 1 is 1.00 bits per heavy atom. The van der Waals surface area contributed by atoms with Crippen LogP contribution in [0.2, 0.25) is 0 Å². The van der Waals surface area contributed by atoms with Crippen LogP contribution >= 0.6 is 0 Å². The first kappa shape index (κ1) is 14.2. The zero-order chi connectivity index (χ0) is 15.4. The molecule has 0 aliphatic heterocycles. The normalized spacial score (nSPS) is 10.7. The van der Waals surface area contributed by atoms with Gasteiger partial charge in [-0.05, 0) is 48.2 Å². The maximum absolute atomic E-state index is 12.3. The number of anilines is 1. The van der Waals surface area contributed by atoms with E-state index in [-0.39, 0.29) is 5.56 Å². The quantitative estimate of drug-likeness (QED) is 0.581. The van der Waals surface area contributed by atoms with Gasteiger partial charge in [0.25, 0.3) is 5.56 Å². The average molecular weight is 294 g/mol. The molecule has 1 heterocycles. The number of aromatic nitrogens is 1. The molecule has 22 heavy (non-hydrogen) atoms. The van der Waals surface area contributed by atoms with Crippen LogP contribution in [-0.4, -0.2) is 11.2 Å². The molecule has 2 N–H and O–H groups in total. The first-order valence-electron chi connectivity index (χ1n) is 7.30. The van der Waals surface area contributed by atoms with Gasteiger partial charge in [0, 0.05) is 23.8 Å². The van der Waals surface area contributed by atoms with Crippen molar-refractivity contribution < 1.29 is 4.74 Å². The maximum atomic E-state index is 12.3. The van der Waals surface area contributed by atoms with Crippen molar-refractivity contribution in [3.05, 3.63) is 71.1 Å². The molecule has 1 aromatic heterocycles. The van der Waals surface area contributed by atoms with Gasteiger partial charge in [-0.25, -0.2) is 0 Å². The Morgan fingerprint density at radius 3 is 2.59 bits per heavy atom. The van der Waals surface area contributed by atoms with Crippen molar-refractivity contribution >= 4 is 16.5 Å². The lowest BCUT2D eigenvalue weighted by atomic mass is 10.2. The van der Waals surface area contributed by atoms with Gasteiger partial charge in [-0.3, -0.25) is 4.79 Å². The molecule has 112 valence electrons. The van der Waals surface area contributed by atoms with Gasteiger partial charge in [0.1, 0.15) is 5.75 Å². The summed E-state index contributed by atoms with van der Waals surface area (Å²) in [5.74, 6) is 0.792. The highest BCUT2D eigenvalue weighted by Crippen LogP contribution is 2.13. The van der Waals surface area contributed by atoms with Gasteiger partial charge in [0.15, 0.2) is 0 Å². The highest BCUT2D eigenvalue weighted by molar-refractivity contribution is 5.81. The van der Waals surface area contributed by atoms with Crippen LogP contribution in [-0.2, 0) is 6.54 Å². The number of rotatable bonds is 5. The fourth-order valence-corrected chi connectivity index (χ4v) is 2.39. The minimum atomic E-state index is 0.0468. The highest BCUT2D eigenvalue weighted by atomic mass is 16.5. The Bertz CT molecular complexity index is 822. The lowest BCUT2D eigenvalue weighted by molar-refractivity contribution is 0.301. The topological polar surface area (TPSA) is 57.2 Å². The number of hydrogen-bond acceptors (Lipinski definition) is 3. The van der Waals surface area contributed by atoms with Crippen molar-refractivity contribution in [1.82, 2.24) is 4.57 Å². The largest absolute Gasteiger partial charge is 0.494 e. The number of nitrogens with zero attached hydrogens (tertiary/aromatic N) is 1. The van der Waals surface area contributed by atoms with Crippen molar-refractivity contribution in [3.8, 4) is 5.75 Å². The summed E-state index contributed by atoms with van der Waals surface area (Å²) in [6.07, 6.45) is 2.61. The standard InChI is InChI=1S/C18H18N2O2/c19-15-6-8-16(9-7-15)22-13-3-11-20-12-10-14-4-1-2-5-17(14)18(20)21/h1-2,4-10,12H,3,11,13,19H2. The second-order valence-electron chi connectivity index (χ2n) is 5.17. The third kappa shape index (κ3) is 3.11. The molecule has 0 radical (unpaired) electrons. The Kier molecular flexibility index (Phi) is 4.10. The van der Waals surface area contributed by atoms with Crippen molar-refractivity contribution in [2.75, 3.05) is 12.3 Å². The summed E-state index contributed by atoms with van der Waals surface area (Å²) in [6, 6.07) is 16.9. The number of aryl methyl sites for hydroxylation is 1. The van der Waals surface area contributed by atoms with Crippen molar-refractivity contribution in [1.29, 1.82) is 0 Å².